The monoisotopic (exact) mass is 388 g/mol. The summed E-state index contributed by atoms with van der Waals surface area (Å²) in [7, 11) is 3.71. The summed E-state index contributed by atoms with van der Waals surface area (Å²) >= 11 is 0. The molecule has 1 aromatic heterocycles. The lowest BCUT2D eigenvalue weighted by Crippen LogP contribution is -2.25. The van der Waals surface area contributed by atoms with Gasteiger partial charge in [0.2, 0.25) is 0 Å². The van der Waals surface area contributed by atoms with Gasteiger partial charge in [-0.25, -0.2) is 4.98 Å². The Labute approximate surface area is 172 Å². The molecule has 2 aliphatic rings. The Hall–Kier alpha value is -2.66. The lowest BCUT2D eigenvalue weighted by Gasteiger charge is -2.20. The summed E-state index contributed by atoms with van der Waals surface area (Å²) in [6.45, 7) is 3.12. The largest absolute Gasteiger partial charge is 0.496 e. The van der Waals surface area contributed by atoms with Gasteiger partial charge < -0.3 is 4.74 Å². The Morgan fingerprint density at radius 2 is 1.76 bits per heavy atom. The second-order valence-electron chi connectivity index (χ2n) is 8.27. The molecule has 1 saturated carbocycles. The van der Waals surface area contributed by atoms with Gasteiger partial charge in [0.25, 0.3) is 0 Å². The van der Waals surface area contributed by atoms with Gasteiger partial charge in [-0.2, -0.15) is 5.10 Å². The fourth-order valence-electron chi connectivity index (χ4n) is 4.37. The molecule has 0 atom stereocenters. The van der Waals surface area contributed by atoms with E-state index in [0.29, 0.717) is 5.92 Å². The van der Waals surface area contributed by atoms with E-state index in [1.165, 1.54) is 29.5 Å². The van der Waals surface area contributed by atoms with Crippen LogP contribution in [0.5, 0.6) is 5.75 Å². The summed E-state index contributed by atoms with van der Waals surface area (Å²) in [6.07, 6.45) is 4.68. The van der Waals surface area contributed by atoms with Crippen LogP contribution >= 0.6 is 0 Å². The van der Waals surface area contributed by atoms with Crippen LogP contribution in [0.4, 0.5) is 0 Å². The number of hydrogen-bond donors (Lipinski definition) is 0. The first-order chi connectivity index (χ1) is 14.2. The van der Waals surface area contributed by atoms with Crippen LogP contribution in [0.3, 0.4) is 0 Å². The van der Waals surface area contributed by atoms with Crippen molar-refractivity contribution in [2.75, 3.05) is 20.2 Å². The maximum Gasteiger partial charge on any atom is 0.185 e. The topological polar surface area (TPSA) is 43.2 Å². The molecule has 5 nitrogen and oxygen atoms in total. The maximum absolute atomic E-state index is 5.63. The second kappa shape index (κ2) is 7.64. The van der Waals surface area contributed by atoms with Crippen molar-refractivity contribution in [2.24, 2.45) is 7.05 Å². The molecule has 1 aliphatic heterocycles. The third-order valence-electron chi connectivity index (χ3n) is 6.16. The van der Waals surface area contributed by atoms with Gasteiger partial charge in [-0.1, -0.05) is 30.3 Å². The first-order valence-electron chi connectivity index (χ1n) is 10.6. The van der Waals surface area contributed by atoms with Crippen LogP contribution in [0.25, 0.3) is 11.4 Å². The summed E-state index contributed by atoms with van der Waals surface area (Å²) in [5.41, 5.74) is 5.27. The van der Waals surface area contributed by atoms with Gasteiger partial charge in [-0.05, 0) is 54.5 Å². The number of rotatable bonds is 5. The molecule has 5 heteroatoms. The van der Waals surface area contributed by atoms with Crippen molar-refractivity contribution in [3.8, 4) is 17.1 Å². The van der Waals surface area contributed by atoms with Gasteiger partial charge >= 0.3 is 0 Å². The number of ether oxygens (including phenoxy) is 1. The Kier molecular flexibility index (Phi) is 4.84. The average Bonchev–Trinajstić information content (AvgIpc) is 3.54. The fourth-order valence-corrected chi connectivity index (χ4v) is 4.37. The number of hydrogen-bond acceptors (Lipinski definition) is 4. The molecular weight excluding hydrogens is 360 g/mol. The molecule has 1 fully saturated rings. The number of nitrogens with zero attached hydrogens (tertiary/aromatic N) is 4. The van der Waals surface area contributed by atoms with Crippen LogP contribution in [0.15, 0.2) is 42.5 Å². The zero-order valence-electron chi connectivity index (χ0n) is 17.3. The van der Waals surface area contributed by atoms with E-state index in [1.54, 1.807) is 7.11 Å². The van der Waals surface area contributed by atoms with Crippen molar-refractivity contribution in [1.82, 2.24) is 19.7 Å². The van der Waals surface area contributed by atoms with E-state index in [9.17, 15) is 0 Å². The summed E-state index contributed by atoms with van der Waals surface area (Å²) in [5.74, 6) is 3.29. The minimum atomic E-state index is 0.578. The van der Waals surface area contributed by atoms with Crippen LogP contribution in [0.1, 0.15) is 41.3 Å². The molecule has 2 heterocycles. The predicted molar refractivity (Wildman–Crippen MR) is 114 cm³/mol. The molecule has 2 aromatic carbocycles. The smallest absolute Gasteiger partial charge is 0.185 e. The van der Waals surface area contributed by atoms with E-state index < -0.39 is 0 Å². The molecule has 3 aromatic rings. The molecule has 0 spiro atoms. The van der Waals surface area contributed by atoms with Crippen molar-refractivity contribution in [3.63, 3.8) is 0 Å². The lowest BCUT2D eigenvalue weighted by atomic mass is 10.0. The zero-order valence-corrected chi connectivity index (χ0v) is 17.3. The number of methoxy groups -OCH3 is 1. The van der Waals surface area contributed by atoms with Crippen molar-refractivity contribution in [3.05, 3.63) is 65.0 Å². The van der Waals surface area contributed by atoms with Gasteiger partial charge in [0.15, 0.2) is 5.82 Å². The minimum absolute atomic E-state index is 0.578. The SMILES string of the molecule is COc1ccc(CN2CCc3ccccc3CC2)cc1-c1nc(C2CC2)n(C)n1. The Morgan fingerprint density at radius 1 is 1.03 bits per heavy atom. The average molecular weight is 389 g/mol. The number of benzene rings is 2. The first-order valence-corrected chi connectivity index (χ1v) is 10.6. The van der Waals surface area contributed by atoms with E-state index in [2.05, 4.69) is 47.4 Å². The molecule has 0 radical (unpaired) electrons. The van der Waals surface area contributed by atoms with Gasteiger partial charge in [0, 0.05) is 32.6 Å². The summed E-state index contributed by atoms with van der Waals surface area (Å²) in [4.78, 5) is 7.39. The molecule has 29 heavy (non-hydrogen) atoms. The normalized spacial score (nSPS) is 17.0. The van der Waals surface area contributed by atoms with Crippen molar-refractivity contribution in [1.29, 1.82) is 0 Å². The highest BCUT2D eigenvalue weighted by Gasteiger charge is 2.29. The number of fused-ring (bicyclic) bond motifs is 1. The van der Waals surface area contributed by atoms with Crippen LogP contribution in [-0.4, -0.2) is 39.9 Å². The number of aryl methyl sites for hydroxylation is 1. The Morgan fingerprint density at radius 3 is 2.41 bits per heavy atom. The standard InChI is InChI=1S/C24H28N4O/c1-27-24(20-8-9-20)25-23(26-27)21-15-17(7-10-22(21)29-2)16-28-13-11-18-5-3-4-6-19(18)12-14-28/h3-7,10,15,20H,8-9,11-14,16H2,1-2H3. The van der Waals surface area contributed by atoms with Crippen molar-refractivity contribution >= 4 is 0 Å². The fraction of sp³-hybridized carbons (Fsp3) is 0.417. The first kappa shape index (κ1) is 18.4. The molecule has 0 N–H and O–H groups in total. The van der Waals surface area contributed by atoms with E-state index in [1.807, 2.05) is 11.7 Å². The predicted octanol–water partition coefficient (Wildman–Crippen LogP) is 3.97. The van der Waals surface area contributed by atoms with E-state index >= 15 is 0 Å². The van der Waals surface area contributed by atoms with Crippen LogP contribution in [0, 0.1) is 0 Å². The summed E-state index contributed by atoms with van der Waals surface area (Å²) in [6, 6.07) is 15.3. The highest BCUT2D eigenvalue weighted by Crippen LogP contribution is 2.40. The Bertz CT molecular complexity index is 994. The van der Waals surface area contributed by atoms with Gasteiger partial charge in [0.05, 0.1) is 12.7 Å². The van der Waals surface area contributed by atoms with Crippen LogP contribution < -0.4 is 4.74 Å². The van der Waals surface area contributed by atoms with Gasteiger partial charge in [0.1, 0.15) is 11.6 Å². The van der Waals surface area contributed by atoms with Gasteiger partial charge in [-0.3, -0.25) is 9.58 Å². The molecule has 0 amide bonds. The second-order valence-corrected chi connectivity index (χ2v) is 8.27. The molecule has 0 unspecified atom stereocenters. The van der Waals surface area contributed by atoms with Crippen LogP contribution in [-0.2, 0) is 26.4 Å². The maximum atomic E-state index is 5.63. The quantitative estimate of drug-likeness (QED) is 0.663. The van der Waals surface area contributed by atoms with Crippen molar-refractivity contribution < 1.29 is 4.74 Å². The summed E-state index contributed by atoms with van der Waals surface area (Å²) in [5, 5.41) is 4.69. The lowest BCUT2D eigenvalue weighted by molar-refractivity contribution is 0.279. The molecule has 1 aliphatic carbocycles. The molecule has 0 saturated heterocycles. The van der Waals surface area contributed by atoms with Gasteiger partial charge in [-0.15, -0.1) is 0 Å². The highest BCUT2D eigenvalue weighted by molar-refractivity contribution is 5.65. The third kappa shape index (κ3) is 3.79. The zero-order chi connectivity index (χ0) is 19.8. The number of aromatic nitrogens is 3. The Balaban J connectivity index is 1.37. The summed E-state index contributed by atoms with van der Waals surface area (Å²) < 4.78 is 7.57. The van der Waals surface area contributed by atoms with E-state index in [0.717, 1.165) is 55.4 Å². The third-order valence-corrected chi connectivity index (χ3v) is 6.16. The minimum Gasteiger partial charge on any atom is -0.496 e. The highest BCUT2D eigenvalue weighted by atomic mass is 16.5. The van der Waals surface area contributed by atoms with E-state index in [4.69, 9.17) is 14.8 Å². The molecule has 5 rings (SSSR count). The van der Waals surface area contributed by atoms with Crippen LogP contribution in [0.2, 0.25) is 0 Å². The molecule has 0 bridgehead atoms. The van der Waals surface area contributed by atoms with Crippen molar-refractivity contribution in [2.45, 2.75) is 38.1 Å². The van der Waals surface area contributed by atoms with E-state index in [-0.39, 0.29) is 0 Å². The molecule has 150 valence electrons. The molecular formula is C24H28N4O.